The third-order valence-corrected chi connectivity index (χ3v) is 8.60. The van der Waals surface area contributed by atoms with Crippen LogP contribution in [0.1, 0.15) is 39.0 Å². The number of furan rings is 1. The number of rotatable bonds is 13. The second-order valence-electron chi connectivity index (χ2n) is 11.0. The van der Waals surface area contributed by atoms with E-state index < -0.39 is 10.0 Å². The molecule has 0 spiro atoms. The van der Waals surface area contributed by atoms with Gasteiger partial charge in [-0.3, -0.25) is 0 Å². The third kappa shape index (κ3) is 6.92. The number of benzene rings is 2. The van der Waals surface area contributed by atoms with Crippen LogP contribution in [0.4, 0.5) is 0 Å². The van der Waals surface area contributed by atoms with Crippen molar-refractivity contribution in [3.8, 4) is 0 Å². The molecule has 2 heterocycles. The summed E-state index contributed by atoms with van der Waals surface area (Å²) in [6.45, 7) is 11.5. The highest BCUT2D eigenvalue weighted by molar-refractivity contribution is 7.89. The largest absolute Gasteiger partial charge is 0.464 e. The maximum Gasteiger partial charge on any atom is 0.243 e. The van der Waals surface area contributed by atoms with Crippen molar-refractivity contribution in [1.82, 2.24) is 18.8 Å². The van der Waals surface area contributed by atoms with E-state index in [9.17, 15) is 8.42 Å². The molecule has 4 aromatic rings. The molecule has 0 N–H and O–H groups in total. The van der Waals surface area contributed by atoms with Gasteiger partial charge in [-0.15, -0.1) is 0 Å². The number of nitrogens with zero attached hydrogens (tertiary/aromatic N) is 4. The van der Waals surface area contributed by atoms with Crippen LogP contribution in [-0.2, 0) is 30.0 Å². The molecule has 0 fully saturated rings. The molecule has 0 saturated heterocycles. The molecule has 4 rings (SSSR count). The third-order valence-electron chi connectivity index (χ3n) is 6.70. The molecule has 0 saturated carbocycles. The maximum absolute atomic E-state index is 14.4. The molecule has 0 aliphatic heterocycles. The van der Waals surface area contributed by atoms with E-state index in [-0.39, 0.29) is 17.5 Å². The normalized spacial score (nSPS) is 13.4. The van der Waals surface area contributed by atoms with E-state index in [1.54, 1.807) is 47.4 Å². The fourth-order valence-corrected chi connectivity index (χ4v) is 6.67. The monoisotopic (exact) mass is 536 g/mol. The Kier molecular flexibility index (Phi) is 9.07. The lowest BCUT2D eigenvalue weighted by molar-refractivity contribution is 0.163. The minimum absolute atomic E-state index is 0.233. The van der Waals surface area contributed by atoms with Crippen LogP contribution >= 0.6 is 0 Å². The summed E-state index contributed by atoms with van der Waals surface area (Å²) < 4.78 is 37.9. The lowest BCUT2D eigenvalue weighted by Crippen LogP contribution is -2.49. The summed E-state index contributed by atoms with van der Waals surface area (Å²) in [6.07, 6.45) is 5.66. The Morgan fingerprint density at radius 3 is 2.29 bits per heavy atom. The van der Waals surface area contributed by atoms with E-state index in [1.807, 2.05) is 29.8 Å². The molecule has 0 amide bonds. The van der Waals surface area contributed by atoms with Gasteiger partial charge in [-0.05, 0) is 48.1 Å². The zero-order valence-electron chi connectivity index (χ0n) is 23.1. The van der Waals surface area contributed by atoms with Crippen molar-refractivity contribution in [2.75, 3.05) is 19.6 Å². The van der Waals surface area contributed by atoms with Gasteiger partial charge in [0.05, 0.1) is 29.7 Å². The van der Waals surface area contributed by atoms with E-state index in [1.165, 1.54) is 0 Å². The van der Waals surface area contributed by atoms with Crippen molar-refractivity contribution in [1.29, 1.82) is 0 Å². The van der Waals surface area contributed by atoms with Gasteiger partial charge in [0.1, 0.15) is 5.58 Å². The van der Waals surface area contributed by atoms with Crippen molar-refractivity contribution in [2.45, 2.75) is 51.6 Å². The van der Waals surface area contributed by atoms with Crippen LogP contribution in [0.3, 0.4) is 0 Å². The van der Waals surface area contributed by atoms with E-state index >= 15 is 0 Å². The van der Waals surface area contributed by atoms with Crippen LogP contribution in [0.25, 0.3) is 11.0 Å². The number of aromatic nitrogens is 2. The maximum atomic E-state index is 14.4. The first-order valence-electron chi connectivity index (χ1n) is 13.3. The van der Waals surface area contributed by atoms with Crippen molar-refractivity contribution in [3.05, 3.63) is 84.6 Å². The van der Waals surface area contributed by atoms with Crippen LogP contribution in [0.15, 0.2) is 82.7 Å². The molecule has 0 aliphatic carbocycles. The number of hydrogen-bond donors (Lipinski definition) is 0. The van der Waals surface area contributed by atoms with Gasteiger partial charge in [-0.2, -0.15) is 4.31 Å². The molecule has 7 nitrogen and oxygen atoms in total. The van der Waals surface area contributed by atoms with Crippen molar-refractivity contribution < 1.29 is 12.8 Å². The van der Waals surface area contributed by atoms with E-state index in [0.29, 0.717) is 30.4 Å². The molecule has 0 unspecified atom stereocenters. The molecule has 38 heavy (non-hydrogen) atoms. The van der Waals surface area contributed by atoms with E-state index in [4.69, 9.17) is 4.42 Å². The predicted molar refractivity (Wildman–Crippen MR) is 152 cm³/mol. The van der Waals surface area contributed by atoms with Crippen LogP contribution in [0.5, 0.6) is 0 Å². The van der Waals surface area contributed by atoms with E-state index in [0.717, 1.165) is 29.7 Å². The second-order valence-corrected chi connectivity index (χ2v) is 12.9. The molecule has 0 radical (unpaired) electrons. The molecule has 204 valence electrons. The summed E-state index contributed by atoms with van der Waals surface area (Å²) in [6, 6.07) is 16.8. The molecular formula is C30H40N4O3S. The summed E-state index contributed by atoms with van der Waals surface area (Å²) in [4.78, 5) is 6.96. The highest BCUT2D eigenvalue weighted by atomic mass is 32.2. The van der Waals surface area contributed by atoms with Gasteiger partial charge < -0.3 is 13.9 Å². The molecule has 2 aromatic carbocycles. The first kappa shape index (κ1) is 28.1. The molecular weight excluding hydrogens is 496 g/mol. The van der Waals surface area contributed by atoms with Gasteiger partial charge in [0, 0.05) is 44.3 Å². The summed E-state index contributed by atoms with van der Waals surface area (Å²) in [5, 5.41) is 0.771. The van der Waals surface area contributed by atoms with Gasteiger partial charge in [-0.25, -0.2) is 13.4 Å². The van der Waals surface area contributed by atoms with Gasteiger partial charge in [0.15, 0.2) is 0 Å². The Labute approximate surface area is 227 Å². The molecule has 1 atom stereocenters. The first-order valence-corrected chi connectivity index (χ1v) is 14.8. The quantitative estimate of drug-likeness (QED) is 0.223. The SMILES string of the molecule is CC(C)CN(CC(C)C)C[C@H](Cc1ccccc1)N(Cc1cncn1C)S(=O)(=O)c1ccc2occc2c1. The van der Waals surface area contributed by atoms with Crippen LogP contribution in [0, 0.1) is 11.8 Å². The van der Waals surface area contributed by atoms with Gasteiger partial charge in [-0.1, -0.05) is 58.0 Å². The minimum atomic E-state index is -3.86. The number of hydrogen-bond acceptors (Lipinski definition) is 5. The van der Waals surface area contributed by atoms with Crippen molar-refractivity contribution in [2.24, 2.45) is 18.9 Å². The van der Waals surface area contributed by atoms with Crippen molar-refractivity contribution >= 4 is 21.0 Å². The van der Waals surface area contributed by atoms with Gasteiger partial charge in [0.2, 0.25) is 10.0 Å². The zero-order valence-corrected chi connectivity index (χ0v) is 23.9. The topological polar surface area (TPSA) is 71.6 Å². The number of fused-ring (bicyclic) bond motifs is 1. The number of aryl methyl sites for hydroxylation is 1. The zero-order chi connectivity index (χ0) is 27.3. The van der Waals surface area contributed by atoms with Gasteiger partial charge in [0.25, 0.3) is 0 Å². The summed E-state index contributed by atoms with van der Waals surface area (Å²) >= 11 is 0. The smallest absolute Gasteiger partial charge is 0.243 e. The highest BCUT2D eigenvalue weighted by Crippen LogP contribution is 2.27. The lowest BCUT2D eigenvalue weighted by atomic mass is 10.0. The number of sulfonamides is 1. The van der Waals surface area contributed by atoms with Crippen LogP contribution in [-0.4, -0.2) is 52.9 Å². The molecule has 0 aliphatic rings. The van der Waals surface area contributed by atoms with Crippen LogP contribution in [0.2, 0.25) is 0 Å². The average molecular weight is 537 g/mol. The fourth-order valence-electron chi connectivity index (χ4n) is 5.05. The van der Waals surface area contributed by atoms with Crippen LogP contribution < -0.4 is 0 Å². The Hall–Kier alpha value is -2.94. The highest BCUT2D eigenvalue weighted by Gasteiger charge is 2.34. The Balaban J connectivity index is 1.80. The predicted octanol–water partition coefficient (Wildman–Crippen LogP) is 5.58. The molecule has 8 heteroatoms. The minimum Gasteiger partial charge on any atom is -0.464 e. The summed E-state index contributed by atoms with van der Waals surface area (Å²) in [7, 11) is -1.96. The number of imidazole rings is 1. The van der Waals surface area contributed by atoms with Gasteiger partial charge >= 0.3 is 0 Å². The van der Waals surface area contributed by atoms with E-state index in [2.05, 4.69) is 49.7 Å². The van der Waals surface area contributed by atoms with Crippen molar-refractivity contribution in [3.63, 3.8) is 0 Å². The second kappa shape index (κ2) is 12.3. The fraction of sp³-hybridized carbons (Fsp3) is 0.433. The molecule has 0 bridgehead atoms. The Morgan fingerprint density at radius 2 is 1.66 bits per heavy atom. The lowest BCUT2D eigenvalue weighted by Gasteiger charge is -2.36. The molecule has 2 aromatic heterocycles. The Morgan fingerprint density at radius 1 is 0.947 bits per heavy atom. The summed E-state index contributed by atoms with van der Waals surface area (Å²) in [5.41, 5.74) is 2.63. The Bertz CT molecular complexity index is 1400. The standard InChI is InChI=1S/C30H40N4O3S/c1-23(2)18-33(19-24(3)4)20-27(15-25-9-7-6-8-10-25)34(21-28-17-31-22-32(28)5)38(35,36)29-11-12-30-26(16-29)13-14-37-30/h6-14,16-17,22-24,27H,15,18-21H2,1-5H3/t27-/m0/s1. The summed E-state index contributed by atoms with van der Waals surface area (Å²) in [5.74, 6) is 0.938. The average Bonchev–Trinajstić information content (AvgIpc) is 3.50. The first-order chi connectivity index (χ1) is 18.1.